The molecule has 1 aromatic heterocycles. The third kappa shape index (κ3) is 4.23. The van der Waals surface area contributed by atoms with Crippen LogP contribution in [-0.4, -0.2) is 37.6 Å². The third-order valence-corrected chi connectivity index (χ3v) is 5.93. The normalized spacial score (nSPS) is 15.7. The fourth-order valence-corrected chi connectivity index (χ4v) is 4.52. The molecule has 1 aliphatic rings. The summed E-state index contributed by atoms with van der Waals surface area (Å²) in [4.78, 5) is 28.2. The van der Waals surface area contributed by atoms with Crippen LogP contribution in [0.4, 0.5) is 10.5 Å². The Morgan fingerprint density at radius 3 is 2.47 bits per heavy atom. The third-order valence-electron chi connectivity index (χ3n) is 5.93. The lowest BCUT2D eigenvalue weighted by Crippen LogP contribution is -2.39. The Hall–Kier alpha value is -3.81. The molecule has 1 unspecified atom stereocenters. The van der Waals surface area contributed by atoms with E-state index in [1.54, 1.807) is 32.6 Å². The summed E-state index contributed by atoms with van der Waals surface area (Å²) in [6.07, 6.45) is 0.774. The van der Waals surface area contributed by atoms with E-state index < -0.39 is 23.6 Å². The first kappa shape index (κ1) is 23.4. The van der Waals surface area contributed by atoms with Crippen molar-refractivity contribution in [3.05, 3.63) is 70.5 Å². The van der Waals surface area contributed by atoms with Crippen LogP contribution >= 0.6 is 0 Å². The van der Waals surface area contributed by atoms with E-state index in [1.165, 1.54) is 16.8 Å². The number of phenolic OH excluding ortho intramolecular Hbond substituents is 2. The molecule has 0 bridgehead atoms. The van der Waals surface area contributed by atoms with Crippen molar-refractivity contribution in [2.75, 3.05) is 4.90 Å². The maximum Gasteiger partial charge on any atom is 0.435 e. The van der Waals surface area contributed by atoms with Gasteiger partial charge < -0.3 is 19.8 Å². The number of aromatic hydroxyl groups is 2. The van der Waals surface area contributed by atoms with E-state index in [9.17, 15) is 19.8 Å². The second kappa shape index (κ2) is 8.52. The first-order valence-corrected chi connectivity index (χ1v) is 11.2. The summed E-state index contributed by atoms with van der Waals surface area (Å²) in [6, 6.07) is 11.2. The lowest BCUT2D eigenvalue weighted by atomic mass is 9.89. The van der Waals surface area contributed by atoms with Crippen molar-refractivity contribution in [3.63, 3.8) is 0 Å². The van der Waals surface area contributed by atoms with Gasteiger partial charge >= 0.3 is 6.09 Å². The summed E-state index contributed by atoms with van der Waals surface area (Å²) < 4.78 is 6.76. The number of aromatic nitrogens is 2. The Labute approximate surface area is 198 Å². The summed E-state index contributed by atoms with van der Waals surface area (Å²) in [5.41, 5.74) is 3.15. The van der Waals surface area contributed by atoms with E-state index in [0.29, 0.717) is 17.8 Å². The van der Waals surface area contributed by atoms with Crippen molar-refractivity contribution in [2.24, 2.45) is 0 Å². The number of rotatable bonds is 2. The van der Waals surface area contributed by atoms with Crippen LogP contribution < -0.4 is 4.90 Å². The zero-order valence-electron chi connectivity index (χ0n) is 20.0. The Morgan fingerprint density at radius 2 is 1.79 bits per heavy atom. The van der Waals surface area contributed by atoms with Crippen molar-refractivity contribution >= 4 is 17.7 Å². The lowest BCUT2D eigenvalue weighted by molar-refractivity contribution is 0.0510. The van der Waals surface area contributed by atoms with Gasteiger partial charge in [-0.25, -0.2) is 4.79 Å². The van der Waals surface area contributed by atoms with E-state index in [4.69, 9.17) is 4.74 Å². The van der Waals surface area contributed by atoms with E-state index in [2.05, 4.69) is 5.10 Å². The molecule has 1 amide bonds. The van der Waals surface area contributed by atoms with Crippen LogP contribution in [0.15, 0.2) is 42.5 Å². The zero-order valence-corrected chi connectivity index (χ0v) is 20.0. The molecule has 0 fully saturated rings. The number of hydrogen-bond acceptors (Lipinski definition) is 6. The van der Waals surface area contributed by atoms with Gasteiger partial charge in [0.15, 0.2) is 0 Å². The monoisotopic (exact) mass is 463 g/mol. The van der Waals surface area contributed by atoms with Crippen LogP contribution in [0.5, 0.6) is 11.5 Å². The molecule has 3 aromatic rings. The number of ether oxygens (including phenoxy) is 1. The van der Waals surface area contributed by atoms with Gasteiger partial charge in [-0.1, -0.05) is 18.2 Å². The van der Waals surface area contributed by atoms with Crippen LogP contribution in [0.25, 0.3) is 0 Å². The Morgan fingerprint density at radius 1 is 1.09 bits per heavy atom. The summed E-state index contributed by atoms with van der Waals surface area (Å²) in [5.74, 6) is -0.835. The number of hydrogen-bond donors (Lipinski definition) is 2. The van der Waals surface area contributed by atoms with Crippen molar-refractivity contribution in [2.45, 2.75) is 59.1 Å². The van der Waals surface area contributed by atoms with E-state index >= 15 is 0 Å². The van der Waals surface area contributed by atoms with Gasteiger partial charge in [-0.15, -0.1) is 0 Å². The number of carbonyl (C=O) groups is 2. The van der Waals surface area contributed by atoms with Gasteiger partial charge in [-0.2, -0.15) is 9.78 Å². The summed E-state index contributed by atoms with van der Waals surface area (Å²) >= 11 is 0. The van der Waals surface area contributed by atoms with Crippen LogP contribution in [0.3, 0.4) is 0 Å². The molecule has 1 aliphatic heterocycles. The second-order valence-corrected chi connectivity index (χ2v) is 9.54. The number of para-hydroxylation sites is 1. The molecule has 0 aliphatic carbocycles. The average Bonchev–Trinajstić information content (AvgIpc) is 3.05. The van der Waals surface area contributed by atoms with Crippen LogP contribution in [0, 0.1) is 13.8 Å². The van der Waals surface area contributed by atoms with Crippen molar-refractivity contribution < 1.29 is 24.5 Å². The molecule has 0 saturated carbocycles. The Bertz CT molecular complexity index is 1270. The number of fused-ring (bicyclic) bond motifs is 1. The van der Waals surface area contributed by atoms with Crippen molar-refractivity contribution in [3.8, 4) is 11.5 Å². The Balaban J connectivity index is 1.83. The molecule has 0 spiro atoms. The minimum atomic E-state index is -0.675. The highest BCUT2D eigenvalue weighted by atomic mass is 16.6. The molecular formula is C26H29N3O5. The quantitative estimate of drug-likeness (QED) is 0.552. The summed E-state index contributed by atoms with van der Waals surface area (Å²) in [6.45, 7) is 8.98. The highest BCUT2D eigenvalue weighted by Crippen LogP contribution is 2.42. The highest BCUT2D eigenvalue weighted by molar-refractivity contribution is 6.09. The molecular weight excluding hydrogens is 434 g/mol. The Kier molecular flexibility index (Phi) is 5.85. The average molecular weight is 464 g/mol. The standard InChI is InChI=1S/C26H29N3O5/c1-15-23(16(2)29(27-15)25(33)34-26(3,4)5)21-13-10-17-8-6-7-9-20(17)28(21)24(32)19-12-11-18(30)14-22(19)31/h6-9,11-12,14,21,30-31H,10,13H2,1-5H3. The predicted molar refractivity (Wildman–Crippen MR) is 127 cm³/mol. The number of anilines is 1. The molecule has 8 heteroatoms. The predicted octanol–water partition coefficient (Wildman–Crippen LogP) is 5.03. The second-order valence-electron chi connectivity index (χ2n) is 9.54. The van der Waals surface area contributed by atoms with Gasteiger partial charge in [-0.05, 0) is 71.2 Å². The largest absolute Gasteiger partial charge is 0.508 e. The molecule has 0 saturated heterocycles. The summed E-state index contributed by atoms with van der Waals surface area (Å²) in [5, 5.41) is 24.5. The molecule has 2 heterocycles. The number of amides is 1. The molecule has 2 aromatic carbocycles. The van der Waals surface area contributed by atoms with E-state index in [-0.39, 0.29) is 17.1 Å². The van der Waals surface area contributed by atoms with Gasteiger partial charge in [0.25, 0.3) is 5.91 Å². The summed E-state index contributed by atoms with van der Waals surface area (Å²) in [7, 11) is 0. The fraction of sp³-hybridized carbons (Fsp3) is 0.346. The van der Waals surface area contributed by atoms with Crippen molar-refractivity contribution in [1.82, 2.24) is 9.78 Å². The zero-order chi connectivity index (χ0) is 24.8. The van der Waals surface area contributed by atoms with E-state index in [0.717, 1.165) is 29.3 Å². The maximum absolute atomic E-state index is 13.8. The van der Waals surface area contributed by atoms with Crippen LogP contribution in [0.1, 0.15) is 66.1 Å². The van der Waals surface area contributed by atoms with Gasteiger partial charge in [0, 0.05) is 17.3 Å². The molecule has 0 radical (unpaired) electrons. The minimum Gasteiger partial charge on any atom is -0.508 e. The number of carbonyl (C=O) groups excluding carboxylic acids is 2. The molecule has 2 N–H and O–H groups in total. The van der Waals surface area contributed by atoms with Crippen LogP contribution in [0.2, 0.25) is 0 Å². The smallest absolute Gasteiger partial charge is 0.435 e. The topological polar surface area (TPSA) is 105 Å². The molecule has 8 nitrogen and oxygen atoms in total. The van der Waals surface area contributed by atoms with Gasteiger partial charge in [0.1, 0.15) is 17.1 Å². The maximum atomic E-state index is 13.8. The number of nitrogens with zero attached hydrogens (tertiary/aromatic N) is 3. The van der Waals surface area contributed by atoms with Gasteiger partial charge in [0.2, 0.25) is 0 Å². The van der Waals surface area contributed by atoms with Crippen molar-refractivity contribution in [1.29, 1.82) is 0 Å². The first-order valence-electron chi connectivity index (χ1n) is 11.2. The highest BCUT2D eigenvalue weighted by Gasteiger charge is 2.37. The van der Waals surface area contributed by atoms with E-state index in [1.807, 2.05) is 31.2 Å². The van der Waals surface area contributed by atoms with Crippen LogP contribution in [-0.2, 0) is 11.2 Å². The minimum absolute atomic E-state index is 0.0781. The molecule has 1 atom stereocenters. The number of phenols is 2. The number of benzene rings is 2. The number of aryl methyl sites for hydroxylation is 2. The molecule has 34 heavy (non-hydrogen) atoms. The SMILES string of the molecule is Cc1nn(C(=O)OC(C)(C)C)c(C)c1C1CCc2ccccc2N1C(=O)c1ccc(O)cc1O. The lowest BCUT2D eigenvalue weighted by Gasteiger charge is -2.38. The first-order chi connectivity index (χ1) is 16.0. The fourth-order valence-electron chi connectivity index (χ4n) is 4.52. The molecule has 4 rings (SSSR count). The van der Waals surface area contributed by atoms with Gasteiger partial charge in [0.05, 0.1) is 23.0 Å². The molecule has 178 valence electrons. The van der Waals surface area contributed by atoms with Gasteiger partial charge in [-0.3, -0.25) is 4.79 Å².